The second-order valence-corrected chi connectivity index (χ2v) is 5.55. The number of carboxylic acids is 1. The molecular weight excluding hydrogens is 270 g/mol. The second-order valence-electron chi connectivity index (χ2n) is 5.55. The number of imidazole rings is 1. The number of carboxylic acid groups (broad SMARTS) is 1. The third-order valence-corrected chi connectivity index (χ3v) is 3.30. The van der Waals surface area contributed by atoms with Crippen LogP contribution in [0.25, 0.3) is 11.0 Å². The van der Waals surface area contributed by atoms with Gasteiger partial charge in [-0.3, -0.25) is 4.79 Å². The maximum atomic E-state index is 12.2. The summed E-state index contributed by atoms with van der Waals surface area (Å²) in [5, 5.41) is 11.7. The number of nitrogens with zero attached hydrogens (tertiary/aromatic N) is 2. The first-order chi connectivity index (χ1) is 9.88. The van der Waals surface area contributed by atoms with E-state index in [0.29, 0.717) is 17.5 Å². The van der Waals surface area contributed by atoms with Gasteiger partial charge in [0, 0.05) is 12.6 Å². The molecule has 0 aliphatic heterocycles. The fourth-order valence-corrected chi connectivity index (χ4v) is 2.21. The van der Waals surface area contributed by atoms with Crippen molar-refractivity contribution in [1.82, 2.24) is 14.9 Å². The number of amides is 1. The van der Waals surface area contributed by atoms with E-state index in [1.807, 2.05) is 25.5 Å². The van der Waals surface area contributed by atoms with Gasteiger partial charge in [-0.15, -0.1) is 0 Å². The summed E-state index contributed by atoms with van der Waals surface area (Å²) in [6.45, 7) is 3.84. The summed E-state index contributed by atoms with van der Waals surface area (Å²) in [7, 11) is 1.87. The molecule has 1 atom stereocenters. The van der Waals surface area contributed by atoms with E-state index in [9.17, 15) is 9.59 Å². The van der Waals surface area contributed by atoms with E-state index >= 15 is 0 Å². The fraction of sp³-hybridized carbons (Fsp3) is 0.400. The van der Waals surface area contributed by atoms with Crippen molar-refractivity contribution < 1.29 is 14.7 Å². The minimum atomic E-state index is -1.02. The minimum Gasteiger partial charge on any atom is -0.480 e. The third kappa shape index (κ3) is 3.39. The zero-order valence-electron chi connectivity index (χ0n) is 12.3. The Morgan fingerprint density at radius 3 is 2.71 bits per heavy atom. The summed E-state index contributed by atoms with van der Waals surface area (Å²) in [5.74, 6) is -1.23. The summed E-state index contributed by atoms with van der Waals surface area (Å²) < 4.78 is 1.86. The highest BCUT2D eigenvalue weighted by atomic mass is 16.4. The molecule has 0 saturated carbocycles. The lowest BCUT2D eigenvalue weighted by Gasteiger charge is -2.16. The predicted molar refractivity (Wildman–Crippen MR) is 79.1 cm³/mol. The summed E-state index contributed by atoms with van der Waals surface area (Å²) in [6.07, 6.45) is 2.07. The van der Waals surface area contributed by atoms with Crippen LogP contribution in [0.1, 0.15) is 30.6 Å². The molecule has 0 saturated heterocycles. The lowest BCUT2D eigenvalue weighted by Crippen LogP contribution is -2.41. The Hall–Kier alpha value is -2.37. The van der Waals surface area contributed by atoms with Gasteiger partial charge in [0.25, 0.3) is 5.91 Å². The summed E-state index contributed by atoms with van der Waals surface area (Å²) in [5.41, 5.74) is 2.04. The van der Waals surface area contributed by atoms with Crippen molar-refractivity contribution in [2.75, 3.05) is 0 Å². The number of benzene rings is 1. The Bertz CT molecular complexity index is 676. The predicted octanol–water partition coefficient (Wildman–Crippen LogP) is 1.80. The van der Waals surface area contributed by atoms with Gasteiger partial charge in [-0.2, -0.15) is 0 Å². The largest absolute Gasteiger partial charge is 0.480 e. The first-order valence-electron chi connectivity index (χ1n) is 6.83. The summed E-state index contributed by atoms with van der Waals surface area (Å²) in [4.78, 5) is 27.6. The molecule has 2 N–H and O–H groups in total. The molecule has 1 aromatic heterocycles. The normalized spacial score (nSPS) is 12.6. The molecule has 21 heavy (non-hydrogen) atoms. The Morgan fingerprint density at radius 1 is 1.38 bits per heavy atom. The van der Waals surface area contributed by atoms with Crippen LogP contribution in [-0.2, 0) is 11.8 Å². The lowest BCUT2D eigenvalue weighted by molar-refractivity contribution is -0.139. The van der Waals surface area contributed by atoms with Crippen LogP contribution in [0, 0.1) is 5.92 Å². The van der Waals surface area contributed by atoms with Crippen molar-refractivity contribution in [2.45, 2.75) is 26.3 Å². The van der Waals surface area contributed by atoms with Crippen LogP contribution in [-0.4, -0.2) is 32.6 Å². The molecular formula is C15H19N3O3. The molecule has 0 aliphatic rings. The van der Waals surface area contributed by atoms with Crippen LogP contribution < -0.4 is 5.32 Å². The highest BCUT2D eigenvalue weighted by Gasteiger charge is 2.21. The molecule has 1 aromatic carbocycles. The van der Waals surface area contributed by atoms with E-state index in [-0.39, 0.29) is 5.92 Å². The Balaban J connectivity index is 2.18. The summed E-state index contributed by atoms with van der Waals surface area (Å²) >= 11 is 0. The topological polar surface area (TPSA) is 84.2 Å². The van der Waals surface area contributed by atoms with Gasteiger partial charge in [0.15, 0.2) is 0 Å². The number of rotatable bonds is 5. The SMILES string of the molecule is CC(C)C[C@H](NC(=O)c1ccc2c(c1)ncn2C)C(=O)O. The first-order valence-corrected chi connectivity index (χ1v) is 6.83. The molecule has 0 spiro atoms. The quantitative estimate of drug-likeness (QED) is 0.879. The molecule has 0 bridgehead atoms. The van der Waals surface area contributed by atoms with Crippen LogP contribution in [0.2, 0.25) is 0 Å². The fourth-order valence-electron chi connectivity index (χ4n) is 2.21. The molecule has 1 amide bonds. The standard InChI is InChI=1S/C15H19N3O3/c1-9(2)6-12(15(20)21)17-14(19)10-4-5-13-11(7-10)16-8-18(13)3/h4-5,7-9,12H,6H2,1-3H3,(H,17,19)(H,20,21)/t12-/m0/s1. The highest BCUT2D eigenvalue weighted by Crippen LogP contribution is 2.14. The molecule has 1 heterocycles. The Morgan fingerprint density at radius 2 is 2.10 bits per heavy atom. The number of hydrogen-bond acceptors (Lipinski definition) is 3. The summed E-state index contributed by atoms with van der Waals surface area (Å²) in [6, 6.07) is 4.26. The number of carbonyl (C=O) groups is 2. The van der Waals surface area contributed by atoms with Crippen LogP contribution in [0.5, 0.6) is 0 Å². The number of nitrogens with one attached hydrogen (secondary N) is 1. The maximum absolute atomic E-state index is 12.2. The number of fused-ring (bicyclic) bond motifs is 1. The molecule has 0 aliphatic carbocycles. The highest BCUT2D eigenvalue weighted by molar-refractivity contribution is 5.99. The number of aromatic nitrogens is 2. The van der Waals surface area contributed by atoms with Crippen LogP contribution in [0.3, 0.4) is 0 Å². The van der Waals surface area contributed by atoms with E-state index in [0.717, 1.165) is 5.52 Å². The lowest BCUT2D eigenvalue weighted by atomic mass is 10.0. The molecule has 112 valence electrons. The molecule has 0 unspecified atom stereocenters. The van der Waals surface area contributed by atoms with E-state index in [2.05, 4.69) is 10.3 Å². The molecule has 2 aromatic rings. The number of aryl methyl sites for hydroxylation is 1. The molecule has 0 fully saturated rings. The molecule has 6 nitrogen and oxygen atoms in total. The van der Waals surface area contributed by atoms with Crippen LogP contribution >= 0.6 is 0 Å². The number of hydrogen-bond donors (Lipinski definition) is 2. The zero-order valence-corrected chi connectivity index (χ0v) is 12.3. The van der Waals surface area contributed by atoms with Crippen LogP contribution in [0.15, 0.2) is 24.5 Å². The van der Waals surface area contributed by atoms with E-state index in [1.165, 1.54) is 0 Å². The van der Waals surface area contributed by atoms with Crippen molar-refractivity contribution >= 4 is 22.9 Å². The van der Waals surface area contributed by atoms with Crippen molar-refractivity contribution in [3.63, 3.8) is 0 Å². The molecule has 6 heteroatoms. The molecule has 2 rings (SSSR count). The van der Waals surface area contributed by atoms with Gasteiger partial charge in [0.05, 0.1) is 17.4 Å². The van der Waals surface area contributed by atoms with Gasteiger partial charge in [0.2, 0.25) is 0 Å². The third-order valence-electron chi connectivity index (χ3n) is 3.30. The van der Waals surface area contributed by atoms with Crippen LogP contribution in [0.4, 0.5) is 0 Å². The Kier molecular flexibility index (Phi) is 4.26. The number of aliphatic carboxylic acids is 1. The van der Waals surface area contributed by atoms with Gasteiger partial charge < -0.3 is 15.0 Å². The first kappa shape index (κ1) is 15.0. The molecule has 0 radical (unpaired) electrons. The monoisotopic (exact) mass is 289 g/mol. The average Bonchev–Trinajstić information content (AvgIpc) is 2.78. The van der Waals surface area contributed by atoms with Crippen molar-refractivity contribution in [3.8, 4) is 0 Å². The number of carbonyl (C=O) groups excluding carboxylic acids is 1. The smallest absolute Gasteiger partial charge is 0.326 e. The van der Waals surface area contributed by atoms with Gasteiger partial charge in [0.1, 0.15) is 6.04 Å². The van der Waals surface area contributed by atoms with Crippen molar-refractivity contribution in [1.29, 1.82) is 0 Å². The van der Waals surface area contributed by atoms with Gasteiger partial charge in [-0.25, -0.2) is 9.78 Å². The van der Waals surface area contributed by atoms with Gasteiger partial charge in [-0.05, 0) is 30.5 Å². The van der Waals surface area contributed by atoms with Gasteiger partial charge >= 0.3 is 5.97 Å². The van der Waals surface area contributed by atoms with Crippen molar-refractivity contribution in [2.24, 2.45) is 13.0 Å². The Labute approximate surface area is 122 Å². The van der Waals surface area contributed by atoms with E-state index in [4.69, 9.17) is 5.11 Å². The minimum absolute atomic E-state index is 0.185. The van der Waals surface area contributed by atoms with Crippen molar-refractivity contribution in [3.05, 3.63) is 30.1 Å². The van der Waals surface area contributed by atoms with E-state index in [1.54, 1.807) is 24.5 Å². The second kappa shape index (κ2) is 5.95. The maximum Gasteiger partial charge on any atom is 0.326 e. The van der Waals surface area contributed by atoms with E-state index < -0.39 is 17.9 Å². The zero-order chi connectivity index (χ0) is 15.6. The van der Waals surface area contributed by atoms with Gasteiger partial charge in [-0.1, -0.05) is 13.8 Å². The average molecular weight is 289 g/mol.